The van der Waals surface area contributed by atoms with E-state index in [-0.39, 0.29) is 11.9 Å². The van der Waals surface area contributed by atoms with E-state index in [1.54, 1.807) is 11.3 Å². The van der Waals surface area contributed by atoms with E-state index in [2.05, 4.69) is 45.4 Å². The van der Waals surface area contributed by atoms with Crippen molar-refractivity contribution in [3.05, 3.63) is 17.5 Å². The third-order valence-electron chi connectivity index (χ3n) is 4.04. The average Bonchev–Trinajstić information content (AvgIpc) is 3.04. The van der Waals surface area contributed by atoms with E-state index in [1.165, 1.54) is 24.6 Å². The fourth-order valence-electron chi connectivity index (χ4n) is 2.20. The van der Waals surface area contributed by atoms with Crippen LogP contribution in [0.25, 0.3) is 10.7 Å². The first-order valence-corrected chi connectivity index (χ1v) is 9.83. The highest BCUT2D eigenvalue weighted by atomic mass is 32.2. The minimum atomic E-state index is 0.0548. The molecule has 0 spiro atoms. The average molecular weight is 351 g/mol. The molecule has 3 rings (SSSR count). The molecule has 2 aromatic rings. The highest BCUT2D eigenvalue weighted by molar-refractivity contribution is 7.99. The van der Waals surface area contributed by atoms with E-state index in [0.717, 1.165) is 15.9 Å². The predicted octanol–water partition coefficient (Wildman–Crippen LogP) is 3.59. The van der Waals surface area contributed by atoms with Crippen LogP contribution in [0.4, 0.5) is 0 Å². The highest BCUT2D eigenvalue weighted by Gasteiger charge is 2.30. The molecule has 1 atom stereocenters. The second-order valence-electron chi connectivity index (χ2n) is 6.27. The van der Waals surface area contributed by atoms with Crippen LogP contribution in [0.5, 0.6) is 0 Å². The maximum Gasteiger partial charge on any atom is 0.230 e. The van der Waals surface area contributed by atoms with Crippen molar-refractivity contribution in [3.8, 4) is 10.7 Å². The van der Waals surface area contributed by atoms with Crippen molar-refractivity contribution in [2.75, 3.05) is 5.75 Å². The molecule has 1 aliphatic carbocycles. The molecule has 2 aromatic heterocycles. The number of carbonyl (C=O) groups is 1. The van der Waals surface area contributed by atoms with Crippen molar-refractivity contribution in [2.24, 2.45) is 5.92 Å². The minimum Gasteiger partial charge on any atom is -0.353 e. The number of thioether (sulfide) groups is 1. The number of nitrogens with one attached hydrogen (secondary N) is 1. The standard InChI is InChI=1S/C16H22N4OS2/c1-10(2)11(3)17-14(21)9-23-16-19-18-15(13-5-4-8-22-13)20(16)12-6-7-12/h4-5,8,10-12H,6-7,9H2,1-3H3,(H,17,21)/t11-/m0/s1. The molecule has 0 aromatic carbocycles. The Morgan fingerprint density at radius 2 is 2.22 bits per heavy atom. The Morgan fingerprint density at radius 3 is 2.83 bits per heavy atom. The van der Waals surface area contributed by atoms with Gasteiger partial charge in [-0.3, -0.25) is 9.36 Å². The fourth-order valence-corrected chi connectivity index (χ4v) is 3.73. The summed E-state index contributed by atoms with van der Waals surface area (Å²) in [5, 5.41) is 14.6. The molecule has 1 N–H and O–H groups in total. The lowest BCUT2D eigenvalue weighted by Crippen LogP contribution is -2.37. The second-order valence-corrected chi connectivity index (χ2v) is 8.16. The molecular weight excluding hydrogens is 328 g/mol. The summed E-state index contributed by atoms with van der Waals surface area (Å²) in [4.78, 5) is 13.2. The molecule has 5 nitrogen and oxygen atoms in total. The number of hydrogen-bond donors (Lipinski definition) is 1. The summed E-state index contributed by atoms with van der Waals surface area (Å²) in [6, 6.07) is 4.77. The van der Waals surface area contributed by atoms with Crippen LogP contribution in [-0.2, 0) is 4.79 Å². The van der Waals surface area contributed by atoms with Gasteiger partial charge in [-0.05, 0) is 37.1 Å². The van der Waals surface area contributed by atoms with Crippen molar-refractivity contribution in [1.82, 2.24) is 20.1 Å². The molecule has 1 amide bonds. The van der Waals surface area contributed by atoms with E-state index in [9.17, 15) is 4.79 Å². The quantitative estimate of drug-likeness (QED) is 0.775. The number of thiophene rings is 1. The zero-order chi connectivity index (χ0) is 16.4. The van der Waals surface area contributed by atoms with Crippen LogP contribution in [0.2, 0.25) is 0 Å². The van der Waals surface area contributed by atoms with E-state index in [1.807, 2.05) is 13.0 Å². The summed E-state index contributed by atoms with van der Waals surface area (Å²) in [5.74, 6) is 1.80. The summed E-state index contributed by atoms with van der Waals surface area (Å²) in [6.45, 7) is 6.25. The van der Waals surface area contributed by atoms with Gasteiger partial charge in [-0.25, -0.2) is 0 Å². The number of amides is 1. The third kappa shape index (κ3) is 3.95. The summed E-state index contributed by atoms with van der Waals surface area (Å²) in [5.41, 5.74) is 0. The van der Waals surface area contributed by atoms with Crippen molar-refractivity contribution in [2.45, 2.75) is 50.9 Å². The molecule has 7 heteroatoms. The van der Waals surface area contributed by atoms with Gasteiger partial charge in [-0.1, -0.05) is 31.7 Å². The van der Waals surface area contributed by atoms with Crippen molar-refractivity contribution in [1.29, 1.82) is 0 Å². The normalized spacial score (nSPS) is 15.8. The van der Waals surface area contributed by atoms with E-state index in [0.29, 0.717) is 17.7 Å². The van der Waals surface area contributed by atoms with Gasteiger partial charge >= 0.3 is 0 Å². The molecule has 0 unspecified atom stereocenters. The highest BCUT2D eigenvalue weighted by Crippen LogP contribution is 2.41. The Balaban J connectivity index is 1.68. The molecule has 0 saturated heterocycles. The molecular formula is C16H22N4OS2. The van der Waals surface area contributed by atoms with Gasteiger partial charge in [0.25, 0.3) is 0 Å². The monoisotopic (exact) mass is 350 g/mol. The van der Waals surface area contributed by atoms with Crippen molar-refractivity contribution < 1.29 is 4.79 Å². The molecule has 0 aliphatic heterocycles. The molecule has 1 aliphatic rings. The van der Waals surface area contributed by atoms with Crippen LogP contribution >= 0.6 is 23.1 Å². The zero-order valence-corrected chi connectivity index (χ0v) is 15.3. The minimum absolute atomic E-state index is 0.0548. The van der Waals surface area contributed by atoms with E-state index >= 15 is 0 Å². The number of rotatable bonds is 7. The largest absolute Gasteiger partial charge is 0.353 e. The Hall–Kier alpha value is -1.34. The SMILES string of the molecule is CC(C)[C@H](C)NC(=O)CSc1nnc(-c2cccs2)n1C1CC1. The van der Waals surface area contributed by atoms with Crippen LogP contribution in [-0.4, -0.2) is 32.5 Å². The van der Waals surface area contributed by atoms with Crippen LogP contribution in [0.15, 0.2) is 22.7 Å². The lowest BCUT2D eigenvalue weighted by molar-refractivity contribution is -0.119. The predicted molar refractivity (Wildman–Crippen MR) is 94.8 cm³/mol. The van der Waals surface area contributed by atoms with E-state index in [4.69, 9.17) is 0 Å². The van der Waals surface area contributed by atoms with Crippen molar-refractivity contribution >= 4 is 29.0 Å². The fraction of sp³-hybridized carbons (Fsp3) is 0.562. The number of nitrogens with zero attached hydrogens (tertiary/aromatic N) is 3. The molecule has 124 valence electrons. The van der Waals surface area contributed by atoms with Gasteiger partial charge in [0.2, 0.25) is 5.91 Å². The molecule has 1 saturated carbocycles. The first kappa shape index (κ1) is 16.5. The van der Waals surface area contributed by atoms with Crippen LogP contribution in [0.3, 0.4) is 0 Å². The van der Waals surface area contributed by atoms with Gasteiger partial charge in [0, 0.05) is 12.1 Å². The van der Waals surface area contributed by atoms with Crippen LogP contribution < -0.4 is 5.32 Å². The lowest BCUT2D eigenvalue weighted by atomic mass is 10.1. The molecule has 2 heterocycles. The number of aromatic nitrogens is 3. The van der Waals surface area contributed by atoms with E-state index < -0.39 is 0 Å². The first-order valence-electron chi connectivity index (χ1n) is 7.97. The summed E-state index contributed by atoms with van der Waals surface area (Å²) in [7, 11) is 0. The van der Waals surface area contributed by atoms with Crippen molar-refractivity contribution in [3.63, 3.8) is 0 Å². The topological polar surface area (TPSA) is 59.8 Å². The molecule has 23 heavy (non-hydrogen) atoms. The van der Waals surface area contributed by atoms with Gasteiger partial charge in [-0.2, -0.15) is 0 Å². The maximum atomic E-state index is 12.1. The van der Waals surface area contributed by atoms with Gasteiger partial charge in [-0.15, -0.1) is 21.5 Å². The lowest BCUT2D eigenvalue weighted by Gasteiger charge is -2.17. The maximum absolute atomic E-state index is 12.1. The van der Waals surface area contributed by atoms with Gasteiger partial charge in [0.1, 0.15) is 0 Å². The third-order valence-corrected chi connectivity index (χ3v) is 5.85. The molecule has 1 fully saturated rings. The van der Waals surface area contributed by atoms with Crippen LogP contribution in [0, 0.1) is 5.92 Å². The number of hydrogen-bond acceptors (Lipinski definition) is 5. The Kier molecular flexibility index (Phi) is 5.06. The molecule has 0 bridgehead atoms. The number of carbonyl (C=O) groups excluding carboxylic acids is 1. The Morgan fingerprint density at radius 1 is 1.43 bits per heavy atom. The Labute approximate surface area is 144 Å². The zero-order valence-electron chi connectivity index (χ0n) is 13.7. The molecule has 0 radical (unpaired) electrons. The van der Waals surface area contributed by atoms with Gasteiger partial charge < -0.3 is 5.32 Å². The second kappa shape index (κ2) is 7.05. The van der Waals surface area contributed by atoms with Gasteiger partial charge in [0.15, 0.2) is 11.0 Å². The smallest absolute Gasteiger partial charge is 0.230 e. The summed E-state index contributed by atoms with van der Waals surface area (Å²) in [6.07, 6.45) is 2.33. The Bertz CT molecular complexity index is 662. The first-order chi connectivity index (χ1) is 11.1. The summed E-state index contributed by atoms with van der Waals surface area (Å²) < 4.78 is 2.20. The van der Waals surface area contributed by atoms with Crippen LogP contribution in [0.1, 0.15) is 39.7 Å². The van der Waals surface area contributed by atoms with Gasteiger partial charge in [0.05, 0.1) is 10.6 Å². The summed E-state index contributed by atoms with van der Waals surface area (Å²) >= 11 is 3.15.